The van der Waals surface area contributed by atoms with E-state index in [0.717, 1.165) is 12.1 Å². The van der Waals surface area contributed by atoms with Crippen LogP contribution in [0.1, 0.15) is 5.56 Å². The number of rotatable bonds is 2. The fraction of sp³-hybridized carbons (Fsp3) is 0.0769. The molecule has 0 aliphatic rings. The van der Waals surface area contributed by atoms with Crippen molar-refractivity contribution in [1.82, 2.24) is 0 Å². The SMILES string of the molecule is Cc1cc(Oc2cc(F)ccc2O)ccc1F. The molecule has 0 saturated heterocycles. The highest BCUT2D eigenvalue weighted by molar-refractivity contribution is 5.42. The van der Waals surface area contributed by atoms with Crippen molar-refractivity contribution in [2.24, 2.45) is 0 Å². The molecule has 0 heterocycles. The van der Waals surface area contributed by atoms with E-state index in [1.54, 1.807) is 6.92 Å². The smallest absolute Gasteiger partial charge is 0.171 e. The number of aromatic hydroxyl groups is 1. The van der Waals surface area contributed by atoms with Crippen LogP contribution in [-0.4, -0.2) is 5.11 Å². The van der Waals surface area contributed by atoms with Gasteiger partial charge in [0.25, 0.3) is 0 Å². The molecule has 0 aromatic heterocycles. The minimum atomic E-state index is -0.517. The number of ether oxygens (including phenoxy) is 1. The van der Waals surface area contributed by atoms with Gasteiger partial charge in [0.15, 0.2) is 11.5 Å². The predicted molar refractivity (Wildman–Crippen MR) is 59.3 cm³/mol. The number of halogens is 2. The zero-order valence-corrected chi connectivity index (χ0v) is 9.08. The molecule has 0 aliphatic carbocycles. The Morgan fingerprint density at radius 3 is 2.53 bits per heavy atom. The zero-order valence-electron chi connectivity index (χ0n) is 9.08. The molecule has 1 N–H and O–H groups in total. The van der Waals surface area contributed by atoms with E-state index >= 15 is 0 Å². The molecule has 2 aromatic carbocycles. The van der Waals surface area contributed by atoms with Crippen molar-refractivity contribution < 1.29 is 18.6 Å². The molecule has 2 aromatic rings. The third kappa shape index (κ3) is 2.53. The van der Waals surface area contributed by atoms with Crippen LogP contribution in [0.4, 0.5) is 8.78 Å². The normalized spacial score (nSPS) is 10.3. The number of aryl methyl sites for hydroxylation is 1. The third-order valence-corrected chi connectivity index (χ3v) is 2.28. The molecule has 0 fully saturated rings. The van der Waals surface area contributed by atoms with Gasteiger partial charge in [0.1, 0.15) is 17.4 Å². The van der Waals surface area contributed by atoms with E-state index in [0.29, 0.717) is 11.3 Å². The molecule has 0 bridgehead atoms. The maximum absolute atomic E-state index is 13.0. The summed E-state index contributed by atoms with van der Waals surface area (Å²) in [5.74, 6) is -0.702. The molecule has 0 aliphatic heterocycles. The van der Waals surface area contributed by atoms with Crippen LogP contribution in [0.25, 0.3) is 0 Å². The first-order valence-corrected chi connectivity index (χ1v) is 4.99. The molecule has 0 spiro atoms. The predicted octanol–water partition coefficient (Wildman–Crippen LogP) is 3.77. The summed E-state index contributed by atoms with van der Waals surface area (Å²) in [5.41, 5.74) is 0.415. The van der Waals surface area contributed by atoms with Crippen LogP contribution in [0.15, 0.2) is 36.4 Å². The number of hydrogen-bond donors (Lipinski definition) is 1. The van der Waals surface area contributed by atoms with Crippen LogP contribution >= 0.6 is 0 Å². The molecular formula is C13H10F2O2. The molecule has 2 nitrogen and oxygen atoms in total. The summed E-state index contributed by atoms with van der Waals surface area (Å²) in [6, 6.07) is 7.51. The number of benzene rings is 2. The Kier molecular flexibility index (Phi) is 2.95. The molecule has 88 valence electrons. The lowest BCUT2D eigenvalue weighted by atomic mass is 10.2. The summed E-state index contributed by atoms with van der Waals surface area (Å²) in [6.45, 7) is 1.59. The van der Waals surface area contributed by atoms with Gasteiger partial charge in [0.2, 0.25) is 0 Å². The van der Waals surface area contributed by atoms with Gasteiger partial charge in [-0.25, -0.2) is 8.78 Å². The van der Waals surface area contributed by atoms with Gasteiger partial charge in [-0.15, -0.1) is 0 Å². The van der Waals surface area contributed by atoms with Crippen molar-refractivity contribution in [2.45, 2.75) is 6.92 Å². The third-order valence-electron chi connectivity index (χ3n) is 2.28. The van der Waals surface area contributed by atoms with Crippen molar-refractivity contribution in [3.05, 3.63) is 53.6 Å². The second kappa shape index (κ2) is 4.41. The maximum Gasteiger partial charge on any atom is 0.171 e. The average Bonchev–Trinajstić information content (AvgIpc) is 2.29. The van der Waals surface area contributed by atoms with E-state index < -0.39 is 5.82 Å². The summed E-state index contributed by atoms with van der Waals surface area (Å²) in [6.07, 6.45) is 0. The van der Waals surface area contributed by atoms with Gasteiger partial charge in [0.05, 0.1) is 0 Å². The van der Waals surface area contributed by atoms with Gasteiger partial charge >= 0.3 is 0 Å². The molecule has 4 heteroatoms. The van der Waals surface area contributed by atoms with Crippen LogP contribution < -0.4 is 4.74 Å². The van der Waals surface area contributed by atoms with Crippen LogP contribution in [0, 0.1) is 18.6 Å². The molecule has 0 radical (unpaired) electrons. The van der Waals surface area contributed by atoms with E-state index in [4.69, 9.17) is 4.74 Å². The van der Waals surface area contributed by atoms with Gasteiger partial charge in [-0.05, 0) is 42.8 Å². The van der Waals surface area contributed by atoms with Crippen LogP contribution in [-0.2, 0) is 0 Å². The highest BCUT2D eigenvalue weighted by atomic mass is 19.1. The fourth-order valence-electron chi connectivity index (χ4n) is 1.38. The second-order valence-electron chi connectivity index (χ2n) is 3.63. The molecule has 2 rings (SSSR count). The molecule has 17 heavy (non-hydrogen) atoms. The first kappa shape index (κ1) is 11.4. The van der Waals surface area contributed by atoms with Crippen LogP contribution in [0.2, 0.25) is 0 Å². The van der Waals surface area contributed by atoms with E-state index in [9.17, 15) is 13.9 Å². The Hall–Kier alpha value is -2.10. The van der Waals surface area contributed by atoms with Crippen molar-refractivity contribution in [2.75, 3.05) is 0 Å². The van der Waals surface area contributed by atoms with Crippen LogP contribution in [0.3, 0.4) is 0 Å². The Morgan fingerprint density at radius 2 is 1.82 bits per heavy atom. The van der Waals surface area contributed by atoms with E-state index in [1.165, 1.54) is 24.3 Å². The number of hydrogen-bond acceptors (Lipinski definition) is 2. The molecule has 0 saturated carbocycles. The van der Waals surface area contributed by atoms with Crippen molar-refractivity contribution in [3.8, 4) is 17.2 Å². The lowest BCUT2D eigenvalue weighted by molar-refractivity contribution is 0.406. The minimum Gasteiger partial charge on any atom is -0.504 e. The minimum absolute atomic E-state index is 0.00370. The topological polar surface area (TPSA) is 29.5 Å². The van der Waals surface area contributed by atoms with Gasteiger partial charge in [-0.3, -0.25) is 0 Å². The molecule has 0 unspecified atom stereocenters. The van der Waals surface area contributed by atoms with Gasteiger partial charge in [-0.2, -0.15) is 0 Å². The van der Waals surface area contributed by atoms with E-state index in [-0.39, 0.29) is 17.3 Å². The fourth-order valence-corrected chi connectivity index (χ4v) is 1.38. The standard InChI is InChI=1S/C13H10F2O2/c1-8-6-10(3-4-11(8)15)17-13-7-9(14)2-5-12(13)16/h2-7,16H,1H3. The van der Waals surface area contributed by atoms with Gasteiger partial charge in [-0.1, -0.05) is 0 Å². The Morgan fingerprint density at radius 1 is 1.06 bits per heavy atom. The Labute approximate surface area is 97.1 Å². The summed E-state index contributed by atoms with van der Waals surface area (Å²) in [4.78, 5) is 0. The van der Waals surface area contributed by atoms with Crippen LogP contribution in [0.5, 0.6) is 17.2 Å². The lowest BCUT2D eigenvalue weighted by Crippen LogP contribution is -1.88. The van der Waals surface area contributed by atoms with E-state index in [2.05, 4.69) is 0 Å². The van der Waals surface area contributed by atoms with E-state index in [1.807, 2.05) is 0 Å². The first-order valence-electron chi connectivity index (χ1n) is 4.99. The Bertz CT molecular complexity index is 553. The highest BCUT2D eigenvalue weighted by Crippen LogP contribution is 2.31. The number of phenolic OH excluding ortho intramolecular Hbond substituents is 1. The Balaban J connectivity index is 2.31. The highest BCUT2D eigenvalue weighted by Gasteiger charge is 2.06. The first-order chi connectivity index (χ1) is 8.06. The monoisotopic (exact) mass is 236 g/mol. The quantitative estimate of drug-likeness (QED) is 0.859. The van der Waals surface area contributed by atoms with Gasteiger partial charge in [0, 0.05) is 6.07 Å². The summed E-state index contributed by atoms with van der Waals surface area (Å²) >= 11 is 0. The average molecular weight is 236 g/mol. The second-order valence-corrected chi connectivity index (χ2v) is 3.63. The molecular weight excluding hydrogens is 226 g/mol. The molecule has 0 amide bonds. The maximum atomic E-state index is 13.0. The van der Waals surface area contributed by atoms with Crippen molar-refractivity contribution in [3.63, 3.8) is 0 Å². The number of phenols is 1. The lowest BCUT2D eigenvalue weighted by Gasteiger charge is -2.08. The summed E-state index contributed by atoms with van der Waals surface area (Å²) in [7, 11) is 0. The van der Waals surface area contributed by atoms with Gasteiger partial charge < -0.3 is 9.84 Å². The largest absolute Gasteiger partial charge is 0.504 e. The van der Waals surface area contributed by atoms with Crippen molar-refractivity contribution >= 4 is 0 Å². The summed E-state index contributed by atoms with van der Waals surface area (Å²) in [5, 5.41) is 9.45. The van der Waals surface area contributed by atoms with Crippen molar-refractivity contribution in [1.29, 1.82) is 0 Å². The summed E-state index contributed by atoms with van der Waals surface area (Å²) < 4.78 is 31.2. The zero-order chi connectivity index (χ0) is 12.4. The molecule has 0 atom stereocenters.